The molecule has 0 saturated heterocycles. The van der Waals surface area contributed by atoms with Crippen molar-refractivity contribution < 1.29 is 22.7 Å². The predicted octanol–water partition coefficient (Wildman–Crippen LogP) is 3.60. The monoisotopic (exact) mass is 344 g/mol. The first-order chi connectivity index (χ1) is 10.9. The lowest BCUT2D eigenvalue weighted by molar-refractivity contribution is -0.161. The van der Waals surface area contributed by atoms with Crippen LogP contribution in [0.3, 0.4) is 0 Å². The maximum atomic E-state index is 12.4. The lowest BCUT2D eigenvalue weighted by Crippen LogP contribution is -2.41. The Balaban J connectivity index is 1.91. The Kier molecular flexibility index (Phi) is 5.59. The first kappa shape index (κ1) is 17.3. The predicted molar refractivity (Wildman–Crippen MR) is 81.4 cm³/mol. The van der Waals surface area contributed by atoms with E-state index in [4.69, 9.17) is 4.74 Å². The number of rotatable bonds is 6. The van der Waals surface area contributed by atoms with Crippen LogP contribution in [0.25, 0.3) is 10.6 Å². The molecule has 0 radical (unpaired) electrons. The van der Waals surface area contributed by atoms with Crippen molar-refractivity contribution in [3.8, 4) is 16.3 Å². The van der Waals surface area contributed by atoms with Crippen molar-refractivity contribution in [3.63, 3.8) is 0 Å². The number of likely N-dealkylation sites (N-methyl/N-ethyl adjacent to an activating group) is 1. The normalized spacial score (nSPS) is 11.3. The molecule has 23 heavy (non-hydrogen) atoms. The van der Waals surface area contributed by atoms with Crippen molar-refractivity contribution in [1.82, 2.24) is 9.88 Å². The van der Waals surface area contributed by atoms with E-state index in [2.05, 4.69) is 4.98 Å². The highest BCUT2D eigenvalue weighted by molar-refractivity contribution is 7.13. The Morgan fingerprint density at radius 3 is 2.52 bits per heavy atom. The smallest absolute Gasteiger partial charge is 0.406 e. The standard InChI is InChI=1S/C15H15F3N2O2S/c1-2-20(10-15(16,17)18)13(21)9-22-12-5-3-11(4-6-12)14-19-7-8-23-14/h3-8H,2,9-10H2,1H3. The van der Waals surface area contributed by atoms with Crippen molar-refractivity contribution in [1.29, 1.82) is 0 Å². The van der Waals surface area contributed by atoms with Gasteiger partial charge in [0.05, 0.1) is 0 Å². The van der Waals surface area contributed by atoms with Crippen LogP contribution in [-0.4, -0.2) is 41.7 Å². The van der Waals surface area contributed by atoms with Crippen LogP contribution in [0.4, 0.5) is 13.2 Å². The molecule has 0 N–H and O–H groups in total. The van der Waals surface area contributed by atoms with Gasteiger partial charge in [-0.3, -0.25) is 4.79 Å². The highest BCUT2D eigenvalue weighted by Crippen LogP contribution is 2.24. The molecule has 0 fully saturated rings. The van der Waals surface area contributed by atoms with Crippen molar-refractivity contribution in [3.05, 3.63) is 35.8 Å². The molecule has 0 aliphatic carbocycles. The Labute approximate surface area is 135 Å². The first-order valence-corrected chi connectivity index (χ1v) is 7.74. The fourth-order valence-electron chi connectivity index (χ4n) is 1.89. The van der Waals surface area contributed by atoms with E-state index >= 15 is 0 Å². The summed E-state index contributed by atoms with van der Waals surface area (Å²) < 4.78 is 42.3. The summed E-state index contributed by atoms with van der Waals surface area (Å²) in [6.07, 6.45) is -2.72. The number of hydrogen-bond acceptors (Lipinski definition) is 4. The maximum absolute atomic E-state index is 12.4. The van der Waals surface area contributed by atoms with E-state index in [-0.39, 0.29) is 6.54 Å². The summed E-state index contributed by atoms with van der Waals surface area (Å²) in [5.74, 6) is -0.282. The summed E-state index contributed by atoms with van der Waals surface area (Å²) in [5.41, 5.74) is 0.908. The van der Waals surface area contributed by atoms with Crippen LogP contribution in [-0.2, 0) is 4.79 Å². The molecule has 0 saturated carbocycles. The molecule has 124 valence electrons. The molecule has 2 rings (SSSR count). The molecule has 0 aliphatic rings. The van der Waals surface area contributed by atoms with Gasteiger partial charge in [0, 0.05) is 23.7 Å². The zero-order chi connectivity index (χ0) is 16.9. The Morgan fingerprint density at radius 1 is 1.30 bits per heavy atom. The summed E-state index contributed by atoms with van der Waals surface area (Å²) >= 11 is 1.49. The quantitative estimate of drug-likeness (QED) is 0.804. The van der Waals surface area contributed by atoms with Gasteiger partial charge < -0.3 is 9.64 Å². The number of carbonyl (C=O) groups is 1. The molecule has 1 aromatic heterocycles. The third kappa shape index (κ3) is 5.24. The molecule has 0 aliphatic heterocycles. The van der Waals surface area contributed by atoms with Crippen molar-refractivity contribution in [2.75, 3.05) is 19.7 Å². The van der Waals surface area contributed by atoms with Crippen molar-refractivity contribution >= 4 is 17.2 Å². The van der Waals surface area contributed by atoms with Crippen LogP contribution in [0.1, 0.15) is 6.92 Å². The van der Waals surface area contributed by atoms with Crippen LogP contribution in [0.2, 0.25) is 0 Å². The second-order valence-corrected chi connectivity index (χ2v) is 5.57. The number of carbonyl (C=O) groups excluding carboxylic acids is 1. The molecule has 0 spiro atoms. The SMILES string of the molecule is CCN(CC(F)(F)F)C(=O)COc1ccc(-c2nccs2)cc1. The minimum absolute atomic E-state index is 0.0231. The highest BCUT2D eigenvalue weighted by atomic mass is 32.1. The molecule has 0 atom stereocenters. The number of thiazole rings is 1. The molecule has 4 nitrogen and oxygen atoms in total. The maximum Gasteiger partial charge on any atom is 0.406 e. The van der Waals surface area contributed by atoms with E-state index in [0.29, 0.717) is 10.6 Å². The van der Waals surface area contributed by atoms with Gasteiger partial charge in [0.2, 0.25) is 0 Å². The van der Waals surface area contributed by atoms with E-state index in [1.165, 1.54) is 18.3 Å². The van der Waals surface area contributed by atoms with Crippen LogP contribution in [0.15, 0.2) is 35.8 Å². The van der Waals surface area contributed by atoms with E-state index in [9.17, 15) is 18.0 Å². The number of nitrogens with zero attached hydrogens (tertiary/aromatic N) is 2. The third-order valence-electron chi connectivity index (χ3n) is 3.00. The first-order valence-electron chi connectivity index (χ1n) is 6.86. The molecule has 0 unspecified atom stereocenters. The molecule has 8 heteroatoms. The van der Waals surface area contributed by atoms with Gasteiger partial charge in [-0.25, -0.2) is 4.98 Å². The molecular weight excluding hydrogens is 329 g/mol. The number of amides is 1. The van der Waals surface area contributed by atoms with Gasteiger partial charge in [-0.15, -0.1) is 11.3 Å². The summed E-state index contributed by atoms with van der Waals surface area (Å²) in [5, 5.41) is 2.72. The average molecular weight is 344 g/mol. The molecule has 1 aromatic carbocycles. The molecule has 0 bridgehead atoms. The second-order valence-electron chi connectivity index (χ2n) is 4.67. The van der Waals surface area contributed by atoms with Gasteiger partial charge >= 0.3 is 6.18 Å². The van der Waals surface area contributed by atoms with Gasteiger partial charge in [0.25, 0.3) is 5.91 Å². The molecule has 2 aromatic rings. The van der Waals surface area contributed by atoms with E-state index in [1.807, 2.05) is 5.38 Å². The van der Waals surface area contributed by atoms with Gasteiger partial charge in [0.15, 0.2) is 6.61 Å². The average Bonchev–Trinajstić information content (AvgIpc) is 3.04. The summed E-state index contributed by atoms with van der Waals surface area (Å²) in [6, 6.07) is 6.88. The number of ether oxygens (including phenoxy) is 1. The Hall–Kier alpha value is -2.09. The van der Waals surface area contributed by atoms with Crippen molar-refractivity contribution in [2.45, 2.75) is 13.1 Å². The largest absolute Gasteiger partial charge is 0.484 e. The zero-order valence-electron chi connectivity index (χ0n) is 12.3. The van der Waals surface area contributed by atoms with E-state index < -0.39 is 25.2 Å². The fourth-order valence-corrected chi connectivity index (χ4v) is 2.53. The van der Waals surface area contributed by atoms with E-state index in [1.54, 1.807) is 30.5 Å². The number of aromatic nitrogens is 1. The topological polar surface area (TPSA) is 42.4 Å². The number of hydrogen-bond donors (Lipinski definition) is 0. The molecular formula is C15H15F3N2O2S. The fraction of sp³-hybridized carbons (Fsp3) is 0.333. The number of alkyl halides is 3. The minimum atomic E-state index is -4.42. The van der Waals surface area contributed by atoms with Crippen LogP contribution in [0.5, 0.6) is 5.75 Å². The summed E-state index contributed by atoms with van der Waals surface area (Å²) in [6.45, 7) is -0.230. The lowest BCUT2D eigenvalue weighted by atomic mass is 10.2. The number of halogens is 3. The summed E-state index contributed by atoms with van der Waals surface area (Å²) in [7, 11) is 0. The minimum Gasteiger partial charge on any atom is -0.484 e. The van der Waals surface area contributed by atoms with Gasteiger partial charge in [0.1, 0.15) is 17.3 Å². The van der Waals surface area contributed by atoms with Crippen LogP contribution < -0.4 is 4.74 Å². The zero-order valence-corrected chi connectivity index (χ0v) is 13.2. The van der Waals surface area contributed by atoms with E-state index in [0.717, 1.165) is 10.6 Å². The number of benzene rings is 1. The van der Waals surface area contributed by atoms with Crippen molar-refractivity contribution in [2.24, 2.45) is 0 Å². The molecule has 1 heterocycles. The van der Waals surface area contributed by atoms with Gasteiger partial charge in [-0.05, 0) is 31.2 Å². The molecule has 1 amide bonds. The van der Waals surface area contributed by atoms with Crippen LogP contribution in [0, 0.1) is 0 Å². The van der Waals surface area contributed by atoms with Gasteiger partial charge in [-0.1, -0.05) is 0 Å². The lowest BCUT2D eigenvalue weighted by Gasteiger charge is -2.22. The Bertz CT molecular complexity index is 627. The Morgan fingerprint density at radius 2 is 2.00 bits per heavy atom. The third-order valence-corrected chi connectivity index (χ3v) is 3.82. The highest BCUT2D eigenvalue weighted by Gasteiger charge is 2.32. The van der Waals surface area contributed by atoms with Gasteiger partial charge in [-0.2, -0.15) is 13.2 Å². The second kappa shape index (κ2) is 7.45. The van der Waals surface area contributed by atoms with Crippen LogP contribution >= 0.6 is 11.3 Å². The summed E-state index contributed by atoms with van der Waals surface area (Å²) in [4.78, 5) is 16.7.